The molecule has 0 saturated carbocycles. The maximum absolute atomic E-state index is 6.22. The van der Waals surface area contributed by atoms with E-state index in [1.807, 2.05) is 18.2 Å². The second-order valence-electron chi connectivity index (χ2n) is 4.40. The predicted octanol–water partition coefficient (Wildman–Crippen LogP) is 4.04. The van der Waals surface area contributed by atoms with Gasteiger partial charge in [-0.3, -0.25) is 0 Å². The Morgan fingerprint density at radius 2 is 2.11 bits per heavy atom. The molecule has 0 aliphatic heterocycles. The van der Waals surface area contributed by atoms with Gasteiger partial charge in [-0.1, -0.05) is 35.9 Å². The minimum atomic E-state index is 0.569. The molecule has 3 aromatic rings. The van der Waals surface area contributed by atoms with Crippen LogP contribution in [-0.2, 0) is 6.42 Å². The molecule has 3 nitrogen and oxygen atoms in total. The lowest BCUT2D eigenvalue weighted by molar-refractivity contribution is 0.918. The molecule has 3 rings (SSSR count). The van der Waals surface area contributed by atoms with Crippen LogP contribution in [0, 0.1) is 6.92 Å². The van der Waals surface area contributed by atoms with Gasteiger partial charge in [0.15, 0.2) is 5.65 Å². The Kier molecular flexibility index (Phi) is 3.29. The molecule has 2 aromatic heterocycles. The first-order valence-electron chi connectivity index (χ1n) is 5.88. The van der Waals surface area contributed by atoms with E-state index in [1.54, 1.807) is 10.7 Å². The largest absolute Gasteiger partial charge is 0.232 e. The zero-order chi connectivity index (χ0) is 13.4. The molecule has 0 saturated heterocycles. The lowest BCUT2D eigenvalue weighted by atomic mass is 10.0. The van der Waals surface area contributed by atoms with Crippen molar-refractivity contribution in [1.82, 2.24) is 14.6 Å². The molecule has 0 amide bonds. The van der Waals surface area contributed by atoms with Gasteiger partial charge in [0.2, 0.25) is 0 Å². The summed E-state index contributed by atoms with van der Waals surface area (Å²) in [7, 11) is 0. The summed E-state index contributed by atoms with van der Waals surface area (Å²) in [5.74, 6) is 0. The highest BCUT2D eigenvalue weighted by molar-refractivity contribution is 9.10. The zero-order valence-electron chi connectivity index (χ0n) is 10.3. The first-order chi connectivity index (χ1) is 9.15. The molecule has 19 heavy (non-hydrogen) atoms. The number of hydrogen-bond donors (Lipinski definition) is 0. The van der Waals surface area contributed by atoms with Crippen molar-refractivity contribution in [3.63, 3.8) is 0 Å². The van der Waals surface area contributed by atoms with E-state index in [1.165, 1.54) is 11.1 Å². The maximum Gasteiger partial charge on any atom is 0.171 e. The van der Waals surface area contributed by atoms with Crippen LogP contribution in [0.15, 0.2) is 41.0 Å². The van der Waals surface area contributed by atoms with E-state index in [-0.39, 0.29) is 0 Å². The van der Waals surface area contributed by atoms with Gasteiger partial charge >= 0.3 is 0 Å². The Balaban J connectivity index is 2.06. The summed E-state index contributed by atoms with van der Waals surface area (Å²) in [6.07, 6.45) is 2.46. The van der Waals surface area contributed by atoms with Crippen LogP contribution in [0.3, 0.4) is 0 Å². The Morgan fingerprint density at radius 1 is 1.32 bits per heavy atom. The Hall–Kier alpha value is -1.39. The van der Waals surface area contributed by atoms with Crippen LogP contribution in [0.25, 0.3) is 5.65 Å². The molecule has 5 heteroatoms. The molecule has 0 spiro atoms. The highest BCUT2D eigenvalue weighted by atomic mass is 79.9. The van der Waals surface area contributed by atoms with E-state index >= 15 is 0 Å². The summed E-state index contributed by atoms with van der Waals surface area (Å²) < 4.78 is 2.47. The Labute approximate surface area is 124 Å². The fourth-order valence-electron chi connectivity index (χ4n) is 2.04. The number of aryl methyl sites for hydroxylation is 1. The lowest BCUT2D eigenvalue weighted by Crippen LogP contribution is -1.99. The average Bonchev–Trinajstić information content (AvgIpc) is 2.75. The third kappa shape index (κ3) is 2.38. The number of benzene rings is 1. The second-order valence-corrected chi connectivity index (χ2v) is 5.64. The third-order valence-corrected chi connectivity index (χ3v) is 3.90. The lowest BCUT2D eigenvalue weighted by Gasteiger charge is -2.06. The number of rotatable bonds is 2. The van der Waals surface area contributed by atoms with Crippen molar-refractivity contribution in [1.29, 1.82) is 0 Å². The molecule has 0 unspecified atom stereocenters. The fraction of sp³-hybridized carbons (Fsp3) is 0.143. The summed E-state index contributed by atoms with van der Waals surface area (Å²) in [5.41, 5.74) is 4.20. The van der Waals surface area contributed by atoms with E-state index in [0.717, 1.165) is 22.2 Å². The maximum atomic E-state index is 6.22. The van der Waals surface area contributed by atoms with Crippen LogP contribution in [-0.4, -0.2) is 14.6 Å². The molecule has 0 N–H and O–H groups in total. The monoisotopic (exact) mass is 335 g/mol. The molecule has 0 atom stereocenters. The molecule has 0 aliphatic rings. The first-order valence-corrected chi connectivity index (χ1v) is 7.05. The molecule has 0 bridgehead atoms. The van der Waals surface area contributed by atoms with Gasteiger partial charge in [0.05, 0.1) is 16.4 Å². The quantitative estimate of drug-likeness (QED) is 0.661. The van der Waals surface area contributed by atoms with Gasteiger partial charge < -0.3 is 0 Å². The molecule has 96 valence electrons. The van der Waals surface area contributed by atoms with E-state index in [0.29, 0.717) is 5.15 Å². The van der Waals surface area contributed by atoms with Crippen molar-refractivity contribution >= 4 is 33.2 Å². The Morgan fingerprint density at radius 3 is 2.89 bits per heavy atom. The van der Waals surface area contributed by atoms with Crippen LogP contribution in [0.4, 0.5) is 0 Å². The van der Waals surface area contributed by atoms with Crippen LogP contribution < -0.4 is 0 Å². The van der Waals surface area contributed by atoms with Crippen molar-refractivity contribution < 1.29 is 0 Å². The molecular weight excluding hydrogens is 326 g/mol. The van der Waals surface area contributed by atoms with Crippen molar-refractivity contribution in [3.05, 3.63) is 63.0 Å². The summed E-state index contributed by atoms with van der Waals surface area (Å²) in [5, 5.41) is 4.73. The average molecular weight is 337 g/mol. The van der Waals surface area contributed by atoms with Crippen LogP contribution in [0.2, 0.25) is 5.15 Å². The van der Waals surface area contributed by atoms with Gasteiger partial charge in [-0.25, -0.2) is 9.50 Å². The summed E-state index contributed by atoms with van der Waals surface area (Å²) >= 11 is 9.65. The standard InChI is InChI=1S/C14H11BrClN3/c1-9-4-2-3-5-10(9)6-11-7-13(16)19-14(18-11)12(15)8-17-19/h2-5,7-8H,6H2,1H3. The van der Waals surface area contributed by atoms with Crippen LogP contribution in [0.5, 0.6) is 0 Å². The Bertz CT molecular complexity index is 752. The first kappa shape index (κ1) is 12.6. The smallest absolute Gasteiger partial charge is 0.171 e. The van der Waals surface area contributed by atoms with Crippen molar-refractivity contribution in [2.24, 2.45) is 0 Å². The molecular formula is C14H11BrClN3. The predicted molar refractivity (Wildman–Crippen MR) is 79.7 cm³/mol. The number of nitrogens with zero attached hydrogens (tertiary/aromatic N) is 3. The molecule has 0 fully saturated rings. The highest BCUT2D eigenvalue weighted by Gasteiger charge is 2.09. The van der Waals surface area contributed by atoms with E-state index in [2.05, 4.69) is 45.1 Å². The number of halogens is 2. The van der Waals surface area contributed by atoms with Crippen LogP contribution in [0.1, 0.15) is 16.8 Å². The van der Waals surface area contributed by atoms with Gasteiger partial charge in [0.25, 0.3) is 0 Å². The van der Waals surface area contributed by atoms with Crippen molar-refractivity contribution in [2.75, 3.05) is 0 Å². The second kappa shape index (κ2) is 4.94. The number of hydrogen-bond acceptors (Lipinski definition) is 2. The number of fused-ring (bicyclic) bond motifs is 1. The van der Waals surface area contributed by atoms with Crippen molar-refractivity contribution in [2.45, 2.75) is 13.3 Å². The van der Waals surface area contributed by atoms with Gasteiger partial charge in [0, 0.05) is 6.42 Å². The molecule has 0 radical (unpaired) electrons. The fourth-order valence-corrected chi connectivity index (χ4v) is 2.64. The molecule has 0 aliphatic carbocycles. The summed E-state index contributed by atoms with van der Waals surface area (Å²) in [6.45, 7) is 2.10. The van der Waals surface area contributed by atoms with E-state index in [9.17, 15) is 0 Å². The van der Waals surface area contributed by atoms with E-state index < -0.39 is 0 Å². The zero-order valence-corrected chi connectivity index (χ0v) is 12.6. The van der Waals surface area contributed by atoms with Crippen LogP contribution >= 0.6 is 27.5 Å². The molecule has 1 aromatic carbocycles. The number of aromatic nitrogens is 3. The van der Waals surface area contributed by atoms with E-state index in [4.69, 9.17) is 11.6 Å². The third-order valence-electron chi connectivity index (χ3n) is 3.07. The van der Waals surface area contributed by atoms with Gasteiger partial charge in [0.1, 0.15) is 5.15 Å². The summed E-state index contributed by atoms with van der Waals surface area (Å²) in [6, 6.07) is 10.2. The SMILES string of the molecule is Cc1ccccc1Cc1cc(Cl)n2ncc(Br)c2n1. The van der Waals surface area contributed by atoms with Gasteiger partial charge in [-0.2, -0.15) is 5.10 Å². The highest BCUT2D eigenvalue weighted by Crippen LogP contribution is 2.22. The van der Waals surface area contributed by atoms with Gasteiger partial charge in [-0.15, -0.1) is 0 Å². The van der Waals surface area contributed by atoms with Crippen molar-refractivity contribution in [3.8, 4) is 0 Å². The van der Waals surface area contributed by atoms with Gasteiger partial charge in [-0.05, 0) is 40.0 Å². The minimum Gasteiger partial charge on any atom is -0.232 e. The normalized spacial score (nSPS) is 11.1. The summed E-state index contributed by atoms with van der Waals surface area (Å²) in [4.78, 5) is 4.60. The topological polar surface area (TPSA) is 30.2 Å². The minimum absolute atomic E-state index is 0.569. The molecule has 2 heterocycles.